The Labute approximate surface area is 128 Å². The van der Waals surface area contributed by atoms with Crippen LogP contribution in [0.2, 0.25) is 0 Å². The molecule has 1 heterocycles. The van der Waals surface area contributed by atoms with Crippen molar-refractivity contribution in [3.8, 4) is 5.75 Å². The molecule has 0 aromatic heterocycles. The van der Waals surface area contributed by atoms with Crippen molar-refractivity contribution < 1.29 is 9.84 Å². The monoisotopic (exact) mass is 292 g/mol. The summed E-state index contributed by atoms with van der Waals surface area (Å²) in [7, 11) is 0. The molecule has 0 radical (unpaired) electrons. The number of likely N-dealkylation sites (tertiary alicyclic amines) is 1. The lowest BCUT2D eigenvalue weighted by Gasteiger charge is -2.17. The summed E-state index contributed by atoms with van der Waals surface area (Å²) in [6.45, 7) is 9.46. The molecule has 4 heteroatoms. The van der Waals surface area contributed by atoms with Crippen molar-refractivity contribution >= 4 is 0 Å². The van der Waals surface area contributed by atoms with Crippen LogP contribution in [0, 0.1) is 13.8 Å². The van der Waals surface area contributed by atoms with Crippen LogP contribution in [0.3, 0.4) is 0 Å². The fourth-order valence-electron chi connectivity index (χ4n) is 2.72. The zero-order chi connectivity index (χ0) is 15.1. The molecule has 1 aromatic carbocycles. The van der Waals surface area contributed by atoms with E-state index in [9.17, 15) is 5.11 Å². The van der Waals surface area contributed by atoms with Crippen molar-refractivity contribution in [1.29, 1.82) is 0 Å². The summed E-state index contributed by atoms with van der Waals surface area (Å²) in [5.74, 6) is 0.858. The van der Waals surface area contributed by atoms with Crippen LogP contribution in [0.4, 0.5) is 0 Å². The smallest absolute Gasteiger partial charge is 0.122 e. The minimum Gasteiger partial charge on any atom is -0.491 e. The molecular weight excluding hydrogens is 264 g/mol. The molecule has 1 fully saturated rings. The normalized spacial score (nSPS) is 17.1. The van der Waals surface area contributed by atoms with Crippen LogP contribution < -0.4 is 10.1 Å². The average molecular weight is 292 g/mol. The van der Waals surface area contributed by atoms with Crippen LogP contribution in [-0.2, 0) is 0 Å². The maximum Gasteiger partial charge on any atom is 0.122 e. The van der Waals surface area contributed by atoms with Gasteiger partial charge in [-0.25, -0.2) is 0 Å². The van der Waals surface area contributed by atoms with E-state index in [1.165, 1.54) is 31.5 Å². The van der Waals surface area contributed by atoms with Crippen LogP contribution in [0.1, 0.15) is 24.0 Å². The first-order valence-corrected chi connectivity index (χ1v) is 7.96. The highest BCUT2D eigenvalue weighted by Gasteiger charge is 2.11. The van der Waals surface area contributed by atoms with Crippen molar-refractivity contribution in [3.05, 3.63) is 29.3 Å². The van der Waals surface area contributed by atoms with Crippen molar-refractivity contribution in [2.24, 2.45) is 0 Å². The Hall–Kier alpha value is -1.10. The van der Waals surface area contributed by atoms with E-state index < -0.39 is 6.10 Å². The lowest BCUT2D eigenvalue weighted by atomic mass is 10.1. The maximum atomic E-state index is 9.95. The maximum absolute atomic E-state index is 9.95. The van der Waals surface area contributed by atoms with Gasteiger partial charge in [0.25, 0.3) is 0 Å². The molecule has 2 rings (SSSR count). The van der Waals surface area contributed by atoms with Gasteiger partial charge in [0.15, 0.2) is 0 Å². The number of benzene rings is 1. The first-order valence-electron chi connectivity index (χ1n) is 7.96. The van der Waals surface area contributed by atoms with Gasteiger partial charge in [0.05, 0.1) is 0 Å². The van der Waals surface area contributed by atoms with E-state index in [4.69, 9.17) is 4.74 Å². The Morgan fingerprint density at radius 2 is 2.05 bits per heavy atom. The van der Waals surface area contributed by atoms with Gasteiger partial charge < -0.3 is 20.1 Å². The minimum atomic E-state index is -0.468. The van der Waals surface area contributed by atoms with Crippen LogP contribution in [0.15, 0.2) is 18.2 Å². The predicted molar refractivity (Wildman–Crippen MR) is 86.0 cm³/mol. The highest BCUT2D eigenvalue weighted by atomic mass is 16.5. The second-order valence-electron chi connectivity index (χ2n) is 5.99. The van der Waals surface area contributed by atoms with E-state index in [1.807, 2.05) is 19.1 Å². The Morgan fingerprint density at radius 1 is 1.29 bits per heavy atom. The van der Waals surface area contributed by atoms with Crippen molar-refractivity contribution in [3.63, 3.8) is 0 Å². The third-order valence-corrected chi connectivity index (χ3v) is 3.95. The second kappa shape index (κ2) is 8.37. The summed E-state index contributed by atoms with van der Waals surface area (Å²) in [5.41, 5.74) is 2.34. The van der Waals surface area contributed by atoms with E-state index in [0.29, 0.717) is 13.2 Å². The number of aliphatic hydroxyl groups excluding tert-OH is 1. The third kappa shape index (κ3) is 5.65. The molecule has 118 valence electrons. The minimum absolute atomic E-state index is 0.334. The quantitative estimate of drug-likeness (QED) is 0.716. The fourth-order valence-corrected chi connectivity index (χ4v) is 2.72. The van der Waals surface area contributed by atoms with Gasteiger partial charge in [0, 0.05) is 19.6 Å². The summed E-state index contributed by atoms with van der Waals surface area (Å²) in [5, 5.41) is 13.2. The van der Waals surface area contributed by atoms with Crippen LogP contribution >= 0.6 is 0 Å². The number of hydrogen-bond acceptors (Lipinski definition) is 4. The largest absolute Gasteiger partial charge is 0.491 e. The Morgan fingerprint density at radius 3 is 2.76 bits per heavy atom. The molecule has 1 aromatic rings. The van der Waals surface area contributed by atoms with Gasteiger partial charge in [-0.3, -0.25) is 0 Å². The Bertz CT molecular complexity index is 431. The van der Waals surface area contributed by atoms with Crippen molar-refractivity contribution in [2.75, 3.05) is 39.3 Å². The molecule has 0 spiro atoms. The first kappa shape index (κ1) is 16.3. The first-order chi connectivity index (χ1) is 10.1. The number of rotatable bonds is 8. The van der Waals surface area contributed by atoms with E-state index in [-0.39, 0.29) is 0 Å². The molecule has 0 amide bonds. The molecule has 0 aliphatic carbocycles. The van der Waals surface area contributed by atoms with Gasteiger partial charge >= 0.3 is 0 Å². The zero-order valence-electron chi connectivity index (χ0n) is 13.3. The van der Waals surface area contributed by atoms with Gasteiger partial charge in [-0.15, -0.1) is 0 Å². The SMILES string of the molecule is Cc1ccc(OCC(O)CNCCN2CCCC2)c(C)c1. The molecule has 2 N–H and O–H groups in total. The van der Waals surface area contributed by atoms with Gasteiger partial charge in [0.1, 0.15) is 18.5 Å². The number of nitrogens with one attached hydrogen (secondary N) is 1. The molecule has 1 atom stereocenters. The topological polar surface area (TPSA) is 44.7 Å². The number of aryl methyl sites for hydroxylation is 2. The molecule has 1 unspecified atom stereocenters. The lowest BCUT2D eigenvalue weighted by Crippen LogP contribution is -2.36. The number of hydrogen-bond donors (Lipinski definition) is 2. The highest BCUT2D eigenvalue weighted by Crippen LogP contribution is 2.18. The molecule has 1 saturated heterocycles. The second-order valence-corrected chi connectivity index (χ2v) is 5.99. The molecule has 1 aliphatic heterocycles. The standard InChI is InChI=1S/C17H28N2O2/c1-14-5-6-17(15(2)11-14)21-13-16(20)12-18-7-10-19-8-3-4-9-19/h5-6,11,16,18,20H,3-4,7-10,12-13H2,1-2H3. The van der Waals surface area contributed by atoms with Crippen LogP contribution in [-0.4, -0.2) is 55.4 Å². The number of nitrogens with zero attached hydrogens (tertiary/aromatic N) is 1. The van der Waals surface area contributed by atoms with Gasteiger partial charge in [0.2, 0.25) is 0 Å². The Kier molecular flexibility index (Phi) is 6.49. The van der Waals surface area contributed by atoms with Gasteiger partial charge in [-0.05, 0) is 51.4 Å². The predicted octanol–water partition coefficient (Wildman–Crippen LogP) is 1.73. The molecule has 1 aliphatic rings. The molecule has 0 saturated carbocycles. The van der Waals surface area contributed by atoms with E-state index >= 15 is 0 Å². The van der Waals surface area contributed by atoms with Crippen LogP contribution in [0.25, 0.3) is 0 Å². The molecular formula is C17H28N2O2. The van der Waals surface area contributed by atoms with E-state index in [0.717, 1.165) is 24.4 Å². The summed E-state index contributed by atoms with van der Waals surface area (Å²) in [4.78, 5) is 2.46. The average Bonchev–Trinajstić information content (AvgIpc) is 2.96. The number of ether oxygens (including phenoxy) is 1. The van der Waals surface area contributed by atoms with Crippen molar-refractivity contribution in [1.82, 2.24) is 10.2 Å². The molecule has 21 heavy (non-hydrogen) atoms. The lowest BCUT2D eigenvalue weighted by molar-refractivity contribution is 0.105. The van der Waals surface area contributed by atoms with E-state index in [2.05, 4.69) is 23.2 Å². The summed E-state index contributed by atoms with van der Waals surface area (Å²) >= 11 is 0. The summed E-state index contributed by atoms with van der Waals surface area (Å²) < 4.78 is 5.68. The highest BCUT2D eigenvalue weighted by molar-refractivity contribution is 5.35. The van der Waals surface area contributed by atoms with Gasteiger partial charge in [-0.2, -0.15) is 0 Å². The third-order valence-electron chi connectivity index (χ3n) is 3.95. The van der Waals surface area contributed by atoms with E-state index in [1.54, 1.807) is 0 Å². The zero-order valence-corrected chi connectivity index (χ0v) is 13.3. The summed E-state index contributed by atoms with van der Waals surface area (Å²) in [6, 6.07) is 6.09. The molecule has 0 bridgehead atoms. The Balaban J connectivity index is 1.59. The van der Waals surface area contributed by atoms with Crippen LogP contribution in [0.5, 0.6) is 5.75 Å². The van der Waals surface area contributed by atoms with Gasteiger partial charge in [-0.1, -0.05) is 17.7 Å². The number of aliphatic hydroxyl groups is 1. The fraction of sp³-hybridized carbons (Fsp3) is 0.647. The van der Waals surface area contributed by atoms with Crippen molar-refractivity contribution in [2.45, 2.75) is 32.8 Å². The summed E-state index contributed by atoms with van der Waals surface area (Å²) in [6.07, 6.45) is 2.18. The molecule has 4 nitrogen and oxygen atoms in total.